The minimum Gasteiger partial charge on any atom is -0.457 e. The van der Waals surface area contributed by atoms with Crippen LogP contribution in [0.15, 0.2) is 96.1 Å². The molecule has 0 spiro atoms. The number of nitrogens with one attached hydrogen (secondary N) is 2. The van der Waals surface area contributed by atoms with Crippen LogP contribution in [0, 0.1) is 5.82 Å². The van der Waals surface area contributed by atoms with Gasteiger partial charge in [0.15, 0.2) is 0 Å². The standard InChI is InChI=1S/C29H24FN5O3/c1-2-14-31-26-18-24(13-16-32-26)38-23-11-7-21(8-12-23)34-28(36)25-17-19-4-3-15-33-27(19)35(29(25)37)22-9-5-20(30)6-10-22/h3-13,15-18H,2,14H2,1H3,(H,31,32)(H,34,36). The van der Waals surface area contributed by atoms with Gasteiger partial charge in [0, 0.05) is 36.1 Å². The molecular formula is C29H24FN5O3. The van der Waals surface area contributed by atoms with Crippen LogP contribution in [0.1, 0.15) is 23.7 Å². The van der Waals surface area contributed by atoms with Gasteiger partial charge in [0.25, 0.3) is 11.5 Å². The predicted molar refractivity (Wildman–Crippen MR) is 145 cm³/mol. The lowest BCUT2D eigenvalue weighted by Gasteiger charge is -2.13. The van der Waals surface area contributed by atoms with Crippen molar-refractivity contribution in [2.45, 2.75) is 13.3 Å². The number of aromatic nitrogens is 3. The van der Waals surface area contributed by atoms with E-state index >= 15 is 0 Å². The Morgan fingerprint density at radius 2 is 1.74 bits per heavy atom. The highest BCUT2D eigenvalue weighted by molar-refractivity contribution is 6.05. The van der Waals surface area contributed by atoms with Crippen molar-refractivity contribution in [2.75, 3.05) is 17.2 Å². The van der Waals surface area contributed by atoms with Crippen LogP contribution in [-0.2, 0) is 0 Å². The minimum atomic E-state index is -0.578. The second-order valence-electron chi connectivity index (χ2n) is 8.48. The summed E-state index contributed by atoms with van der Waals surface area (Å²) in [4.78, 5) is 35.1. The summed E-state index contributed by atoms with van der Waals surface area (Å²) < 4.78 is 20.7. The molecule has 0 radical (unpaired) electrons. The van der Waals surface area contributed by atoms with E-state index in [-0.39, 0.29) is 5.56 Å². The molecule has 0 aliphatic heterocycles. The average Bonchev–Trinajstić information content (AvgIpc) is 2.93. The molecule has 2 aromatic carbocycles. The molecule has 0 aliphatic carbocycles. The molecule has 0 fully saturated rings. The number of hydrogen-bond acceptors (Lipinski definition) is 6. The maximum Gasteiger partial charge on any atom is 0.269 e. The number of anilines is 2. The summed E-state index contributed by atoms with van der Waals surface area (Å²) in [5.41, 5.74) is 0.623. The van der Waals surface area contributed by atoms with E-state index < -0.39 is 17.3 Å². The molecule has 1 amide bonds. The molecule has 0 bridgehead atoms. The molecular weight excluding hydrogens is 485 g/mol. The van der Waals surface area contributed by atoms with Gasteiger partial charge in [-0.25, -0.2) is 14.4 Å². The second-order valence-corrected chi connectivity index (χ2v) is 8.48. The van der Waals surface area contributed by atoms with Crippen molar-refractivity contribution >= 4 is 28.4 Å². The van der Waals surface area contributed by atoms with E-state index in [9.17, 15) is 14.0 Å². The van der Waals surface area contributed by atoms with Gasteiger partial charge in [0.2, 0.25) is 0 Å². The summed E-state index contributed by atoms with van der Waals surface area (Å²) in [6.07, 6.45) is 4.20. The number of fused-ring (bicyclic) bond motifs is 1. The molecule has 5 rings (SSSR count). The Balaban J connectivity index is 1.38. The van der Waals surface area contributed by atoms with Crippen LogP contribution in [-0.4, -0.2) is 27.0 Å². The normalized spacial score (nSPS) is 10.8. The van der Waals surface area contributed by atoms with E-state index in [0.717, 1.165) is 18.8 Å². The van der Waals surface area contributed by atoms with E-state index in [1.54, 1.807) is 54.9 Å². The summed E-state index contributed by atoms with van der Waals surface area (Å²) in [6.45, 7) is 2.89. The van der Waals surface area contributed by atoms with Gasteiger partial charge in [0.05, 0.1) is 5.69 Å². The Bertz CT molecular complexity index is 1650. The second kappa shape index (κ2) is 10.9. The lowest BCUT2D eigenvalue weighted by Crippen LogP contribution is -2.29. The SMILES string of the molecule is CCCNc1cc(Oc2ccc(NC(=O)c3cc4cccnc4n(-c4ccc(F)cc4)c3=O)cc2)ccn1. The van der Waals surface area contributed by atoms with Crippen molar-refractivity contribution in [3.05, 3.63) is 113 Å². The first-order valence-corrected chi connectivity index (χ1v) is 12.1. The van der Waals surface area contributed by atoms with Gasteiger partial charge >= 0.3 is 0 Å². The van der Waals surface area contributed by atoms with Gasteiger partial charge in [-0.1, -0.05) is 6.92 Å². The van der Waals surface area contributed by atoms with Gasteiger partial charge in [-0.15, -0.1) is 0 Å². The Morgan fingerprint density at radius 1 is 0.947 bits per heavy atom. The number of benzene rings is 2. The number of carbonyl (C=O) groups is 1. The molecule has 0 saturated carbocycles. The highest BCUT2D eigenvalue weighted by atomic mass is 19.1. The van der Waals surface area contributed by atoms with Gasteiger partial charge in [-0.2, -0.15) is 0 Å². The number of hydrogen-bond donors (Lipinski definition) is 2. The van der Waals surface area contributed by atoms with Gasteiger partial charge < -0.3 is 15.4 Å². The van der Waals surface area contributed by atoms with E-state index in [4.69, 9.17) is 4.74 Å². The largest absolute Gasteiger partial charge is 0.457 e. The number of ether oxygens (including phenoxy) is 1. The molecule has 3 heterocycles. The molecule has 0 saturated heterocycles. The van der Waals surface area contributed by atoms with Crippen LogP contribution < -0.4 is 20.9 Å². The van der Waals surface area contributed by atoms with Crippen molar-refractivity contribution in [2.24, 2.45) is 0 Å². The van der Waals surface area contributed by atoms with Crippen LogP contribution in [0.5, 0.6) is 11.5 Å². The number of carbonyl (C=O) groups excluding carboxylic acids is 1. The Labute approximate surface area is 217 Å². The first-order valence-electron chi connectivity index (χ1n) is 12.1. The zero-order chi connectivity index (χ0) is 26.5. The Kier molecular flexibility index (Phi) is 7.08. The maximum atomic E-state index is 13.5. The molecule has 38 heavy (non-hydrogen) atoms. The lowest BCUT2D eigenvalue weighted by atomic mass is 10.1. The third-order valence-electron chi connectivity index (χ3n) is 5.73. The maximum absolute atomic E-state index is 13.5. The average molecular weight is 510 g/mol. The third-order valence-corrected chi connectivity index (χ3v) is 5.73. The van der Waals surface area contributed by atoms with Crippen molar-refractivity contribution in [3.63, 3.8) is 0 Å². The number of rotatable bonds is 8. The van der Waals surface area contributed by atoms with Crippen LogP contribution in [0.4, 0.5) is 15.9 Å². The Hall–Kier alpha value is -5.05. The molecule has 0 aliphatic rings. The zero-order valence-corrected chi connectivity index (χ0v) is 20.5. The highest BCUT2D eigenvalue weighted by Crippen LogP contribution is 2.25. The number of pyridine rings is 3. The molecule has 190 valence electrons. The predicted octanol–water partition coefficient (Wildman–Crippen LogP) is 5.79. The van der Waals surface area contributed by atoms with Crippen LogP contribution in [0.3, 0.4) is 0 Å². The quantitative estimate of drug-likeness (QED) is 0.275. The summed E-state index contributed by atoms with van der Waals surface area (Å²) in [6, 6.07) is 20.8. The fourth-order valence-corrected chi connectivity index (χ4v) is 3.90. The minimum absolute atomic E-state index is 0.0703. The molecule has 0 atom stereocenters. The summed E-state index contributed by atoms with van der Waals surface area (Å²) in [7, 11) is 0. The van der Waals surface area contributed by atoms with E-state index in [2.05, 4.69) is 27.5 Å². The van der Waals surface area contributed by atoms with Crippen molar-refractivity contribution in [1.29, 1.82) is 0 Å². The monoisotopic (exact) mass is 509 g/mol. The fourth-order valence-electron chi connectivity index (χ4n) is 3.90. The number of halogens is 1. The summed E-state index contributed by atoms with van der Waals surface area (Å²) >= 11 is 0. The topological polar surface area (TPSA) is 98.1 Å². The number of amides is 1. The van der Waals surface area contributed by atoms with E-state index in [1.165, 1.54) is 34.9 Å². The van der Waals surface area contributed by atoms with Crippen LogP contribution >= 0.6 is 0 Å². The molecule has 3 aromatic heterocycles. The molecule has 5 aromatic rings. The number of nitrogens with zero attached hydrogens (tertiary/aromatic N) is 3. The van der Waals surface area contributed by atoms with Gasteiger partial charge in [-0.3, -0.25) is 14.2 Å². The Morgan fingerprint density at radius 3 is 2.50 bits per heavy atom. The first kappa shape index (κ1) is 24.6. The fraction of sp³-hybridized carbons (Fsp3) is 0.103. The van der Waals surface area contributed by atoms with Crippen LogP contribution in [0.2, 0.25) is 0 Å². The lowest BCUT2D eigenvalue weighted by molar-refractivity contribution is 0.102. The molecule has 0 unspecified atom stereocenters. The van der Waals surface area contributed by atoms with E-state index in [0.29, 0.717) is 33.9 Å². The van der Waals surface area contributed by atoms with Crippen LogP contribution in [0.25, 0.3) is 16.7 Å². The van der Waals surface area contributed by atoms with Crippen molar-refractivity contribution in [1.82, 2.24) is 14.5 Å². The molecule has 8 nitrogen and oxygen atoms in total. The summed E-state index contributed by atoms with van der Waals surface area (Å²) in [5.74, 6) is 0.918. The van der Waals surface area contributed by atoms with Gasteiger partial charge in [0.1, 0.15) is 34.3 Å². The molecule has 2 N–H and O–H groups in total. The smallest absolute Gasteiger partial charge is 0.269 e. The van der Waals surface area contributed by atoms with Crippen molar-refractivity contribution in [3.8, 4) is 17.2 Å². The zero-order valence-electron chi connectivity index (χ0n) is 20.5. The first-order chi connectivity index (χ1) is 18.5. The third kappa shape index (κ3) is 5.36. The highest BCUT2D eigenvalue weighted by Gasteiger charge is 2.18. The van der Waals surface area contributed by atoms with E-state index in [1.807, 2.05) is 6.07 Å². The molecule has 9 heteroatoms. The summed E-state index contributed by atoms with van der Waals surface area (Å²) in [5, 5.41) is 6.57. The van der Waals surface area contributed by atoms with Gasteiger partial charge in [-0.05, 0) is 79.2 Å². The van der Waals surface area contributed by atoms with Crippen molar-refractivity contribution < 1.29 is 13.9 Å².